The molecule has 0 unspecified atom stereocenters. The van der Waals surface area contributed by atoms with Gasteiger partial charge in [0.2, 0.25) is 5.91 Å². The number of rotatable bonds is 12. The lowest BCUT2D eigenvalue weighted by atomic mass is 10.1. The van der Waals surface area contributed by atoms with Gasteiger partial charge in [0, 0.05) is 20.0 Å². The van der Waals surface area contributed by atoms with Crippen LogP contribution in [-0.4, -0.2) is 24.4 Å². The molecule has 0 aromatic rings. The van der Waals surface area contributed by atoms with Gasteiger partial charge in [-0.25, -0.2) is 0 Å². The summed E-state index contributed by atoms with van der Waals surface area (Å²) in [6.45, 7) is 5.26. The topological polar surface area (TPSA) is 20.3 Å². The van der Waals surface area contributed by atoms with Crippen LogP contribution in [0.15, 0.2) is 0 Å². The van der Waals surface area contributed by atoms with Crippen molar-refractivity contribution in [2.75, 3.05) is 13.6 Å². The molecule has 2 heteroatoms. The number of amides is 1. The zero-order chi connectivity index (χ0) is 13.6. The standard InChI is InChI=1S/C16H33NO/c1-4-6-7-8-9-10-11-12-13-15-17(3)16(18)14-5-2/h4-15H2,1-3H3. The maximum Gasteiger partial charge on any atom is 0.222 e. The third-order valence-corrected chi connectivity index (χ3v) is 3.49. The van der Waals surface area contributed by atoms with Crippen LogP contribution in [-0.2, 0) is 4.79 Å². The van der Waals surface area contributed by atoms with Gasteiger partial charge in [-0.15, -0.1) is 0 Å². The lowest BCUT2D eigenvalue weighted by molar-refractivity contribution is -0.129. The minimum Gasteiger partial charge on any atom is -0.346 e. The van der Waals surface area contributed by atoms with Gasteiger partial charge in [-0.2, -0.15) is 0 Å². The highest BCUT2D eigenvalue weighted by Crippen LogP contribution is 2.09. The van der Waals surface area contributed by atoms with Gasteiger partial charge < -0.3 is 4.90 Å². The van der Waals surface area contributed by atoms with E-state index in [9.17, 15) is 4.79 Å². The molecule has 0 aliphatic rings. The minimum atomic E-state index is 0.303. The Kier molecular flexibility index (Phi) is 12.5. The highest BCUT2D eigenvalue weighted by atomic mass is 16.2. The number of nitrogens with zero attached hydrogens (tertiary/aromatic N) is 1. The first-order valence-corrected chi connectivity index (χ1v) is 7.96. The van der Waals surface area contributed by atoms with Crippen molar-refractivity contribution in [1.82, 2.24) is 4.90 Å². The average molecular weight is 255 g/mol. The predicted molar refractivity (Wildman–Crippen MR) is 79.8 cm³/mol. The van der Waals surface area contributed by atoms with E-state index in [2.05, 4.69) is 13.8 Å². The van der Waals surface area contributed by atoms with Crippen LogP contribution in [0.3, 0.4) is 0 Å². The summed E-state index contributed by atoms with van der Waals surface area (Å²) in [4.78, 5) is 13.4. The van der Waals surface area contributed by atoms with Crippen molar-refractivity contribution < 1.29 is 4.79 Å². The van der Waals surface area contributed by atoms with Crippen LogP contribution in [0.4, 0.5) is 0 Å². The highest BCUT2D eigenvalue weighted by Gasteiger charge is 2.05. The lowest BCUT2D eigenvalue weighted by Crippen LogP contribution is -2.27. The van der Waals surface area contributed by atoms with Gasteiger partial charge in [0.25, 0.3) is 0 Å². The Morgan fingerprint density at radius 1 is 0.778 bits per heavy atom. The molecule has 0 spiro atoms. The Morgan fingerprint density at radius 2 is 1.28 bits per heavy atom. The second kappa shape index (κ2) is 12.9. The summed E-state index contributed by atoms with van der Waals surface area (Å²) in [7, 11) is 1.93. The van der Waals surface area contributed by atoms with Crippen molar-refractivity contribution in [3.8, 4) is 0 Å². The molecule has 0 fully saturated rings. The van der Waals surface area contributed by atoms with Crippen molar-refractivity contribution in [3.63, 3.8) is 0 Å². The van der Waals surface area contributed by atoms with Gasteiger partial charge in [-0.1, -0.05) is 65.2 Å². The first kappa shape index (κ1) is 17.5. The largest absolute Gasteiger partial charge is 0.346 e. The van der Waals surface area contributed by atoms with Crippen LogP contribution >= 0.6 is 0 Å². The van der Waals surface area contributed by atoms with Crippen LogP contribution in [0.25, 0.3) is 0 Å². The summed E-state index contributed by atoms with van der Waals surface area (Å²) >= 11 is 0. The van der Waals surface area contributed by atoms with E-state index in [1.165, 1.54) is 57.8 Å². The predicted octanol–water partition coefficient (Wildman–Crippen LogP) is 4.78. The van der Waals surface area contributed by atoms with Crippen LogP contribution in [0, 0.1) is 0 Å². The molecule has 0 aliphatic carbocycles. The molecule has 108 valence electrons. The van der Waals surface area contributed by atoms with Crippen molar-refractivity contribution in [2.45, 2.75) is 84.5 Å². The molecule has 0 heterocycles. The molecule has 0 aromatic carbocycles. The van der Waals surface area contributed by atoms with E-state index < -0.39 is 0 Å². The Balaban J connectivity index is 3.22. The zero-order valence-corrected chi connectivity index (χ0v) is 12.8. The zero-order valence-electron chi connectivity index (χ0n) is 12.8. The van der Waals surface area contributed by atoms with Gasteiger partial charge in [-0.3, -0.25) is 4.79 Å². The Hall–Kier alpha value is -0.530. The smallest absolute Gasteiger partial charge is 0.222 e. The molecule has 0 aromatic heterocycles. The van der Waals surface area contributed by atoms with Crippen LogP contribution < -0.4 is 0 Å². The van der Waals surface area contributed by atoms with E-state index in [1.807, 2.05) is 11.9 Å². The first-order chi connectivity index (χ1) is 8.72. The summed E-state index contributed by atoms with van der Waals surface area (Å²) in [5.41, 5.74) is 0. The Bertz CT molecular complexity index is 192. The maximum atomic E-state index is 11.5. The Morgan fingerprint density at radius 3 is 1.78 bits per heavy atom. The fourth-order valence-corrected chi connectivity index (χ4v) is 2.19. The number of carbonyl (C=O) groups is 1. The molecule has 0 atom stereocenters. The first-order valence-electron chi connectivity index (χ1n) is 7.96. The molecule has 0 aliphatic heterocycles. The van der Waals surface area contributed by atoms with Gasteiger partial charge in [0.15, 0.2) is 0 Å². The fraction of sp³-hybridized carbons (Fsp3) is 0.938. The van der Waals surface area contributed by atoms with Crippen LogP contribution in [0.5, 0.6) is 0 Å². The lowest BCUT2D eigenvalue weighted by Gasteiger charge is -2.16. The number of unbranched alkanes of at least 4 members (excludes halogenated alkanes) is 8. The quantitative estimate of drug-likeness (QED) is 0.460. The van der Waals surface area contributed by atoms with E-state index in [0.717, 1.165) is 13.0 Å². The number of carbonyl (C=O) groups excluding carboxylic acids is 1. The van der Waals surface area contributed by atoms with Crippen LogP contribution in [0.1, 0.15) is 84.5 Å². The van der Waals surface area contributed by atoms with Crippen molar-refractivity contribution in [2.24, 2.45) is 0 Å². The molecule has 0 saturated heterocycles. The molecule has 0 bridgehead atoms. The summed E-state index contributed by atoms with van der Waals surface area (Å²) in [6, 6.07) is 0. The van der Waals surface area contributed by atoms with Crippen molar-refractivity contribution >= 4 is 5.91 Å². The molecule has 2 nitrogen and oxygen atoms in total. The highest BCUT2D eigenvalue weighted by molar-refractivity contribution is 5.75. The van der Waals surface area contributed by atoms with E-state index >= 15 is 0 Å². The van der Waals surface area contributed by atoms with Crippen LogP contribution in [0.2, 0.25) is 0 Å². The summed E-state index contributed by atoms with van der Waals surface area (Å²) in [5, 5.41) is 0. The summed E-state index contributed by atoms with van der Waals surface area (Å²) < 4.78 is 0. The molecule has 1 amide bonds. The van der Waals surface area contributed by atoms with Crippen molar-refractivity contribution in [3.05, 3.63) is 0 Å². The SMILES string of the molecule is CCCCCCCCCCCN(C)C(=O)CCC. The Labute approximate surface area is 114 Å². The second-order valence-electron chi connectivity index (χ2n) is 5.39. The molecular formula is C16H33NO. The summed E-state index contributed by atoms with van der Waals surface area (Å²) in [5.74, 6) is 0.303. The fourth-order valence-electron chi connectivity index (χ4n) is 2.19. The third kappa shape index (κ3) is 10.6. The van der Waals surface area contributed by atoms with Gasteiger partial charge in [-0.05, 0) is 12.8 Å². The molecule has 0 rings (SSSR count). The number of hydrogen-bond donors (Lipinski definition) is 0. The molecule has 0 saturated carbocycles. The van der Waals surface area contributed by atoms with E-state index in [1.54, 1.807) is 0 Å². The van der Waals surface area contributed by atoms with Gasteiger partial charge in [0.1, 0.15) is 0 Å². The molecular weight excluding hydrogens is 222 g/mol. The van der Waals surface area contributed by atoms with E-state index in [0.29, 0.717) is 12.3 Å². The third-order valence-electron chi connectivity index (χ3n) is 3.49. The van der Waals surface area contributed by atoms with E-state index in [4.69, 9.17) is 0 Å². The average Bonchev–Trinajstić information content (AvgIpc) is 2.36. The minimum absolute atomic E-state index is 0.303. The summed E-state index contributed by atoms with van der Waals surface area (Å²) in [6.07, 6.45) is 13.7. The number of hydrogen-bond acceptors (Lipinski definition) is 1. The van der Waals surface area contributed by atoms with Gasteiger partial charge in [0.05, 0.1) is 0 Å². The normalized spacial score (nSPS) is 10.6. The molecule has 0 N–H and O–H groups in total. The monoisotopic (exact) mass is 255 g/mol. The molecule has 0 radical (unpaired) electrons. The molecule has 18 heavy (non-hydrogen) atoms. The van der Waals surface area contributed by atoms with Crippen molar-refractivity contribution in [1.29, 1.82) is 0 Å². The van der Waals surface area contributed by atoms with E-state index in [-0.39, 0.29) is 0 Å². The second-order valence-corrected chi connectivity index (χ2v) is 5.39. The maximum absolute atomic E-state index is 11.5. The van der Waals surface area contributed by atoms with Gasteiger partial charge >= 0.3 is 0 Å².